The van der Waals surface area contributed by atoms with Gasteiger partial charge in [-0.15, -0.1) is 0 Å². The maximum atomic E-state index is 12.0. The molecule has 0 radical (unpaired) electrons. The lowest BCUT2D eigenvalue weighted by molar-refractivity contribution is 0.271. The van der Waals surface area contributed by atoms with Crippen LogP contribution in [0.15, 0.2) is 58.3 Å². The van der Waals surface area contributed by atoms with Gasteiger partial charge in [-0.05, 0) is 36.9 Å². The van der Waals surface area contributed by atoms with Gasteiger partial charge in [0.2, 0.25) is 5.88 Å². The average molecular weight is 376 g/mol. The molecule has 6 nitrogen and oxygen atoms in total. The molecule has 0 spiro atoms. The molecule has 2 N–H and O–H groups in total. The zero-order chi connectivity index (χ0) is 19.5. The van der Waals surface area contributed by atoms with Crippen LogP contribution < -0.4 is 10.5 Å². The third-order valence-corrected chi connectivity index (χ3v) is 5.33. The molecule has 1 saturated heterocycles. The summed E-state index contributed by atoms with van der Waals surface area (Å²) in [5, 5.41) is 11.4. The zero-order valence-electron chi connectivity index (χ0n) is 15.9. The van der Waals surface area contributed by atoms with Crippen molar-refractivity contribution in [3.63, 3.8) is 0 Å². The lowest BCUT2D eigenvalue weighted by Crippen LogP contribution is -2.46. The summed E-state index contributed by atoms with van der Waals surface area (Å²) >= 11 is 0. The van der Waals surface area contributed by atoms with Gasteiger partial charge in [-0.1, -0.05) is 25.1 Å². The Balaban J connectivity index is 1.55. The molecular weight excluding hydrogens is 352 g/mol. The summed E-state index contributed by atoms with van der Waals surface area (Å²) in [6.07, 6.45) is 1.60. The minimum Gasteiger partial charge on any atom is -0.494 e. The summed E-state index contributed by atoms with van der Waals surface area (Å²) in [7, 11) is 0. The van der Waals surface area contributed by atoms with Gasteiger partial charge in [0.15, 0.2) is 0 Å². The van der Waals surface area contributed by atoms with Gasteiger partial charge in [0.1, 0.15) is 0 Å². The quantitative estimate of drug-likeness (QED) is 0.686. The van der Waals surface area contributed by atoms with E-state index >= 15 is 0 Å². The number of piperazine rings is 1. The first-order valence-corrected chi connectivity index (χ1v) is 9.61. The molecule has 0 amide bonds. The number of pyridine rings is 1. The van der Waals surface area contributed by atoms with Crippen molar-refractivity contribution in [2.75, 3.05) is 37.6 Å². The first kappa shape index (κ1) is 18.3. The predicted octanol–water partition coefficient (Wildman–Crippen LogP) is 3.13. The van der Waals surface area contributed by atoms with E-state index in [2.05, 4.69) is 38.8 Å². The molecular formula is C22H24N4O2. The molecule has 6 heteroatoms. The highest BCUT2D eigenvalue weighted by Gasteiger charge is 2.15. The lowest BCUT2D eigenvalue weighted by Gasteiger charge is -2.35. The molecule has 0 unspecified atom stereocenters. The van der Waals surface area contributed by atoms with E-state index in [1.54, 1.807) is 18.3 Å². The Hall–Kier alpha value is -3.12. The third kappa shape index (κ3) is 3.64. The van der Waals surface area contributed by atoms with Crippen LogP contribution in [0.4, 0.5) is 11.4 Å². The van der Waals surface area contributed by atoms with Crippen molar-refractivity contribution in [3.8, 4) is 5.88 Å². The molecule has 0 atom stereocenters. The molecule has 1 aromatic heterocycles. The van der Waals surface area contributed by atoms with Crippen LogP contribution in [0.2, 0.25) is 0 Å². The van der Waals surface area contributed by atoms with Gasteiger partial charge >= 0.3 is 0 Å². The molecule has 2 aromatic carbocycles. The highest BCUT2D eigenvalue weighted by atomic mass is 16.3. The minimum atomic E-state index is -0.308. The second-order valence-corrected chi connectivity index (χ2v) is 6.96. The smallest absolute Gasteiger partial charge is 0.258 e. The molecule has 0 aliphatic carbocycles. The van der Waals surface area contributed by atoms with Crippen molar-refractivity contribution in [3.05, 3.63) is 64.4 Å². The molecule has 1 fully saturated rings. The first-order chi connectivity index (χ1) is 13.7. The van der Waals surface area contributed by atoms with Crippen LogP contribution in [-0.2, 0) is 0 Å². The van der Waals surface area contributed by atoms with Crippen LogP contribution in [0.25, 0.3) is 10.8 Å². The standard InChI is InChI=1S/C22H24N4O2/c1-2-25-11-13-26(14-12-25)17-9-7-16(8-10-17)23-15-20-18-5-3-4-6-19(18)21(27)24-22(20)28/h3-10,15H,2,11-14H2,1H3,(H2,24,27,28). The largest absolute Gasteiger partial charge is 0.494 e. The Kier molecular flexibility index (Phi) is 5.12. The van der Waals surface area contributed by atoms with E-state index in [0.717, 1.165) is 38.4 Å². The molecule has 0 bridgehead atoms. The Morgan fingerprint density at radius 3 is 2.39 bits per heavy atom. The third-order valence-electron chi connectivity index (χ3n) is 5.33. The summed E-state index contributed by atoms with van der Waals surface area (Å²) in [5.74, 6) is -0.169. The maximum Gasteiger partial charge on any atom is 0.258 e. The summed E-state index contributed by atoms with van der Waals surface area (Å²) in [6, 6.07) is 15.3. The molecule has 1 aliphatic heterocycles. The fraction of sp³-hybridized carbons (Fsp3) is 0.273. The van der Waals surface area contributed by atoms with Crippen molar-refractivity contribution in [1.29, 1.82) is 0 Å². The number of H-pyrrole nitrogens is 1. The highest BCUT2D eigenvalue weighted by molar-refractivity contribution is 6.01. The Morgan fingerprint density at radius 1 is 1.04 bits per heavy atom. The fourth-order valence-corrected chi connectivity index (χ4v) is 3.63. The molecule has 4 rings (SSSR count). The van der Waals surface area contributed by atoms with Gasteiger partial charge in [-0.25, -0.2) is 0 Å². The van der Waals surface area contributed by atoms with Crippen molar-refractivity contribution in [2.45, 2.75) is 6.92 Å². The van der Waals surface area contributed by atoms with E-state index < -0.39 is 0 Å². The van der Waals surface area contributed by atoms with E-state index in [1.807, 2.05) is 24.3 Å². The molecule has 28 heavy (non-hydrogen) atoms. The number of aliphatic imine (C=N–C) groups is 1. The Bertz CT molecular complexity index is 1050. The average Bonchev–Trinajstić information content (AvgIpc) is 2.74. The molecule has 0 saturated carbocycles. The van der Waals surface area contributed by atoms with Crippen LogP contribution in [0.1, 0.15) is 12.5 Å². The number of fused-ring (bicyclic) bond motifs is 1. The van der Waals surface area contributed by atoms with Gasteiger partial charge in [0, 0.05) is 48.9 Å². The number of likely N-dealkylation sites (N-methyl/N-ethyl adjacent to an activating group) is 1. The summed E-state index contributed by atoms with van der Waals surface area (Å²) < 4.78 is 0. The first-order valence-electron chi connectivity index (χ1n) is 9.61. The maximum absolute atomic E-state index is 12.0. The van der Waals surface area contributed by atoms with Crippen LogP contribution >= 0.6 is 0 Å². The number of benzene rings is 2. The number of aromatic hydroxyl groups is 1. The van der Waals surface area contributed by atoms with Gasteiger partial charge in [-0.3, -0.25) is 14.8 Å². The van der Waals surface area contributed by atoms with Gasteiger partial charge in [0.05, 0.1) is 11.3 Å². The number of hydrogen-bond donors (Lipinski definition) is 2. The van der Waals surface area contributed by atoms with E-state index in [-0.39, 0.29) is 11.4 Å². The zero-order valence-corrected chi connectivity index (χ0v) is 15.9. The number of hydrogen-bond acceptors (Lipinski definition) is 5. The molecule has 3 aromatic rings. The Labute approximate surface area is 163 Å². The number of nitrogens with one attached hydrogen (secondary N) is 1. The van der Waals surface area contributed by atoms with Crippen molar-refractivity contribution < 1.29 is 5.11 Å². The van der Waals surface area contributed by atoms with Crippen LogP contribution in [0.5, 0.6) is 5.88 Å². The second kappa shape index (κ2) is 7.86. The van der Waals surface area contributed by atoms with Crippen LogP contribution in [-0.4, -0.2) is 53.9 Å². The van der Waals surface area contributed by atoms with Gasteiger partial charge < -0.3 is 14.9 Å². The SMILES string of the molecule is CCN1CCN(c2ccc(N=Cc3c(O)[nH]c(=O)c4ccccc34)cc2)CC1. The van der Waals surface area contributed by atoms with Crippen molar-refractivity contribution in [2.24, 2.45) is 4.99 Å². The number of anilines is 1. The summed E-state index contributed by atoms with van der Waals surface area (Å²) in [6.45, 7) is 7.56. The normalized spacial score (nSPS) is 15.5. The summed E-state index contributed by atoms with van der Waals surface area (Å²) in [5.41, 5.74) is 2.20. The van der Waals surface area contributed by atoms with Gasteiger partial charge in [-0.2, -0.15) is 0 Å². The van der Waals surface area contributed by atoms with Gasteiger partial charge in [0.25, 0.3) is 5.56 Å². The van der Waals surface area contributed by atoms with Crippen molar-refractivity contribution in [1.82, 2.24) is 9.88 Å². The van der Waals surface area contributed by atoms with E-state index in [9.17, 15) is 9.90 Å². The number of nitrogens with zero attached hydrogens (tertiary/aromatic N) is 3. The fourth-order valence-electron chi connectivity index (χ4n) is 3.63. The number of aromatic amines is 1. The molecule has 1 aliphatic rings. The molecule has 2 heterocycles. The van der Waals surface area contributed by atoms with Crippen LogP contribution in [0, 0.1) is 0 Å². The van der Waals surface area contributed by atoms with Crippen molar-refractivity contribution >= 4 is 28.4 Å². The highest BCUT2D eigenvalue weighted by Crippen LogP contribution is 2.24. The molecule has 144 valence electrons. The second-order valence-electron chi connectivity index (χ2n) is 6.96. The Morgan fingerprint density at radius 2 is 1.71 bits per heavy atom. The van der Waals surface area contributed by atoms with Crippen LogP contribution in [0.3, 0.4) is 0 Å². The van der Waals surface area contributed by atoms with E-state index in [0.29, 0.717) is 16.3 Å². The summed E-state index contributed by atoms with van der Waals surface area (Å²) in [4.78, 5) is 23.8. The van der Waals surface area contributed by atoms with E-state index in [4.69, 9.17) is 0 Å². The number of rotatable bonds is 4. The number of aromatic nitrogens is 1. The topological polar surface area (TPSA) is 71.9 Å². The van der Waals surface area contributed by atoms with E-state index in [1.165, 1.54) is 5.69 Å². The lowest BCUT2D eigenvalue weighted by atomic mass is 10.1. The minimum absolute atomic E-state index is 0.169. The predicted molar refractivity (Wildman–Crippen MR) is 114 cm³/mol. The monoisotopic (exact) mass is 376 g/mol.